The van der Waals surface area contributed by atoms with Crippen LogP contribution in [0.2, 0.25) is 0 Å². The van der Waals surface area contributed by atoms with E-state index < -0.39 is 0 Å². The number of hydrogen-bond donors (Lipinski definition) is 1. The first-order valence-electron chi connectivity index (χ1n) is 6.51. The predicted molar refractivity (Wildman–Crippen MR) is 76.0 cm³/mol. The van der Waals surface area contributed by atoms with Gasteiger partial charge in [-0.05, 0) is 19.4 Å². The van der Waals surface area contributed by atoms with Gasteiger partial charge >= 0.3 is 12.0 Å². The van der Waals surface area contributed by atoms with Crippen molar-refractivity contribution in [3.8, 4) is 12.0 Å². The van der Waals surface area contributed by atoms with Crippen LogP contribution in [0.15, 0.2) is 30.3 Å². The van der Waals surface area contributed by atoms with Gasteiger partial charge in [0.15, 0.2) is 0 Å². The van der Waals surface area contributed by atoms with Gasteiger partial charge in [0.05, 0.1) is 6.61 Å². The lowest BCUT2D eigenvalue weighted by Crippen LogP contribution is -2.09. The molecular weight excluding hydrogens is 256 g/mol. The quantitative estimate of drug-likeness (QED) is 0.872. The number of anilines is 1. The molecule has 0 saturated carbocycles. The molecule has 0 radical (unpaired) electrons. The first-order chi connectivity index (χ1) is 9.72. The predicted octanol–water partition coefficient (Wildman–Crippen LogP) is 2.45. The molecule has 6 nitrogen and oxygen atoms in total. The zero-order chi connectivity index (χ0) is 14.4. The summed E-state index contributed by atoms with van der Waals surface area (Å²) in [7, 11) is 1.73. The summed E-state index contributed by atoms with van der Waals surface area (Å²) in [6.45, 7) is 4.30. The standard InChI is InChI=1S/C14H18N4O2/c1-4-19-13-16-12(15-3)17-14(18-13)20-10(2)11-8-6-5-7-9-11/h5-10H,4H2,1-3H3,(H,15,16,17,18). The molecule has 0 bridgehead atoms. The molecule has 0 aliphatic rings. The lowest BCUT2D eigenvalue weighted by Gasteiger charge is -2.14. The van der Waals surface area contributed by atoms with Crippen LogP contribution in [0.25, 0.3) is 0 Å². The van der Waals surface area contributed by atoms with Crippen molar-refractivity contribution >= 4 is 5.95 Å². The molecule has 0 amide bonds. The van der Waals surface area contributed by atoms with Gasteiger partial charge in [0.1, 0.15) is 6.10 Å². The lowest BCUT2D eigenvalue weighted by molar-refractivity contribution is 0.201. The van der Waals surface area contributed by atoms with Crippen LogP contribution < -0.4 is 14.8 Å². The van der Waals surface area contributed by atoms with Gasteiger partial charge in [-0.2, -0.15) is 9.97 Å². The normalized spacial score (nSPS) is 11.8. The fourth-order valence-corrected chi connectivity index (χ4v) is 1.65. The fourth-order valence-electron chi connectivity index (χ4n) is 1.65. The first-order valence-corrected chi connectivity index (χ1v) is 6.51. The summed E-state index contributed by atoms with van der Waals surface area (Å²) in [4.78, 5) is 12.4. The summed E-state index contributed by atoms with van der Waals surface area (Å²) in [6, 6.07) is 10.4. The van der Waals surface area contributed by atoms with Crippen molar-refractivity contribution in [3.05, 3.63) is 35.9 Å². The van der Waals surface area contributed by atoms with Gasteiger partial charge in [-0.1, -0.05) is 30.3 Å². The third-order valence-electron chi connectivity index (χ3n) is 2.64. The van der Waals surface area contributed by atoms with Crippen molar-refractivity contribution in [2.45, 2.75) is 20.0 Å². The first kappa shape index (κ1) is 14.0. The zero-order valence-corrected chi connectivity index (χ0v) is 11.8. The maximum atomic E-state index is 5.75. The van der Waals surface area contributed by atoms with Gasteiger partial charge in [-0.3, -0.25) is 0 Å². The SMILES string of the molecule is CCOc1nc(NC)nc(OC(C)c2ccccc2)n1. The Kier molecular flexibility index (Phi) is 4.70. The third-order valence-corrected chi connectivity index (χ3v) is 2.64. The van der Waals surface area contributed by atoms with Crippen molar-refractivity contribution in [2.75, 3.05) is 19.0 Å². The van der Waals surface area contributed by atoms with E-state index in [1.165, 1.54) is 0 Å². The Bertz CT molecular complexity index is 548. The molecular formula is C14H18N4O2. The van der Waals surface area contributed by atoms with Crippen LogP contribution in [0.5, 0.6) is 12.0 Å². The summed E-state index contributed by atoms with van der Waals surface area (Å²) in [5.41, 5.74) is 1.05. The molecule has 0 spiro atoms. The molecule has 0 aliphatic heterocycles. The van der Waals surface area contributed by atoms with E-state index in [0.29, 0.717) is 12.6 Å². The number of benzene rings is 1. The van der Waals surface area contributed by atoms with Gasteiger partial charge in [0, 0.05) is 7.05 Å². The second-order valence-corrected chi connectivity index (χ2v) is 4.08. The van der Waals surface area contributed by atoms with E-state index in [0.717, 1.165) is 5.56 Å². The van der Waals surface area contributed by atoms with Crippen LogP contribution in [0.1, 0.15) is 25.5 Å². The fraction of sp³-hybridized carbons (Fsp3) is 0.357. The van der Waals surface area contributed by atoms with Crippen LogP contribution in [0.4, 0.5) is 5.95 Å². The molecule has 106 valence electrons. The number of nitrogens with zero attached hydrogens (tertiary/aromatic N) is 3. The highest BCUT2D eigenvalue weighted by Crippen LogP contribution is 2.20. The summed E-state index contributed by atoms with van der Waals surface area (Å²) in [5.74, 6) is 0.415. The van der Waals surface area contributed by atoms with E-state index in [1.54, 1.807) is 7.05 Å². The number of rotatable bonds is 6. The topological polar surface area (TPSA) is 69.2 Å². The molecule has 1 heterocycles. The van der Waals surface area contributed by atoms with Crippen LogP contribution in [-0.2, 0) is 0 Å². The Morgan fingerprint density at radius 3 is 2.45 bits per heavy atom. The van der Waals surface area contributed by atoms with Crippen molar-refractivity contribution in [1.29, 1.82) is 0 Å². The van der Waals surface area contributed by atoms with Gasteiger partial charge in [-0.25, -0.2) is 0 Å². The highest BCUT2D eigenvalue weighted by molar-refractivity contribution is 5.26. The minimum atomic E-state index is -0.155. The van der Waals surface area contributed by atoms with E-state index in [1.807, 2.05) is 44.2 Å². The van der Waals surface area contributed by atoms with E-state index in [4.69, 9.17) is 9.47 Å². The lowest BCUT2D eigenvalue weighted by atomic mass is 10.1. The van der Waals surface area contributed by atoms with E-state index in [9.17, 15) is 0 Å². The Hall–Kier alpha value is -2.37. The zero-order valence-electron chi connectivity index (χ0n) is 11.8. The molecule has 1 aromatic heterocycles. The molecule has 2 rings (SSSR count). The smallest absolute Gasteiger partial charge is 0.325 e. The molecule has 0 fully saturated rings. The molecule has 0 aliphatic carbocycles. The molecule has 1 atom stereocenters. The largest absolute Gasteiger partial charge is 0.464 e. The van der Waals surface area contributed by atoms with Crippen LogP contribution in [0, 0.1) is 0 Å². The van der Waals surface area contributed by atoms with Gasteiger partial charge < -0.3 is 14.8 Å². The minimum absolute atomic E-state index is 0.155. The monoisotopic (exact) mass is 274 g/mol. The highest BCUT2D eigenvalue weighted by Gasteiger charge is 2.12. The second kappa shape index (κ2) is 6.70. The summed E-state index contributed by atoms with van der Waals surface area (Å²) in [6.07, 6.45) is -0.155. The minimum Gasteiger partial charge on any atom is -0.464 e. The molecule has 2 aromatic rings. The van der Waals surface area contributed by atoms with Crippen LogP contribution in [0.3, 0.4) is 0 Å². The van der Waals surface area contributed by atoms with Crippen molar-refractivity contribution in [2.24, 2.45) is 0 Å². The molecule has 0 saturated heterocycles. The Labute approximate surface area is 118 Å². The number of hydrogen-bond acceptors (Lipinski definition) is 6. The molecule has 1 aromatic carbocycles. The van der Waals surface area contributed by atoms with Crippen LogP contribution in [-0.4, -0.2) is 28.6 Å². The molecule has 6 heteroatoms. The van der Waals surface area contributed by atoms with Gasteiger partial charge in [0.2, 0.25) is 5.95 Å². The van der Waals surface area contributed by atoms with E-state index >= 15 is 0 Å². The Balaban J connectivity index is 2.17. The maximum absolute atomic E-state index is 5.75. The average molecular weight is 274 g/mol. The Morgan fingerprint density at radius 1 is 1.10 bits per heavy atom. The van der Waals surface area contributed by atoms with Crippen molar-refractivity contribution in [3.63, 3.8) is 0 Å². The summed E-state index contributed by atoms with van der Waals surface area (Å²) >= 11 is 0. The van der Waals surface area contributed by atoms with E-state index in [2.05, 4.69) is 20.3 Å². The van der Waals surface area contributed by atoms with Crippen molar-refractivity contribution in [1.82, 2.24) is 15.0 Å². The molecule has 1 N–H and O–H groups in total. The number of ether oxygens (including phenoxy) is 2. The maximum Gasteiger partial charge on any atom is 0.325 e. The number of nitrogens with one attached hydrogen (secondary N) is 1. The van der Waals surface area contributed by atoms with Crippen molar-refractivity contribution < 1.29 is 9.47 Å². The van der Waals surface area contributed by atoms with Crippen LogP contribution >= 0.6 is 0 Å². The summed E-state index contributed by atoms with van der Waals surface area (Å²) in [5, 5.41) is 2.86. The molecule has 20 heavy (non-hydrogen) atoms. The van der Waals surface area contributed by atoms with Gasteiger partial charge in [-0.15, -0.1) is 4.98 Å². The summed E-state index contributed by atoms with van der Waals surface area (Å²) < 4.78 is 11.0. The Morgan fingerprint density at radius 2 is 1.80 bits per heavy atom. The average Bonchev–Trinajstić information content (AvgIpc) is 2.48. The molecule has 1 unspecified atom stereocenters. The highest BCUT2D eigenvalue weighted by atomic mass is 16.5. The second-order valence-electron chi connectivity index (χ2n) is 4.08. The van der Waals surface area contributed by atoms with E-state index in [-0.39, 0.29) is 18.1 Å². The number of aromatic nitrogens is 3. The van der Waals surface area contributed by atoms with Gasteiger partial charge in [0.25, 0.3) is 0 Å². The third kappa shape index (κ3) is 3.57.